The Morgan fingerprint density at radius 3 is 1.46 bits per heavy atom. The molecular weight excluding hydrogens is 837 g/mol. The number of hydrogen-bond acceptors (Lipinski definition) is 2. The van der Waals surface area contributed by atoms with Crippen LogP contribution in [-0.2, 0) is 0 Å². The quantitative estimate of drug-likeness (QED) is 0.144. The second-order valence-corrected chi connectivity index (χ2v) is 17.7. The van der Waals surface area contributed by atoms with Gasteiger partial charge in [0.05, 0.1) is 16.7 Å². The fourth-order valence-corrected chi connectivity index (χ4v) is 10.3. The van der Waals surface area contributed by atoms with Gasteiger partial charge in [-0.05, 0) is 135 Å². The maximum Gasteiger partial charge on any atom is 0.136 e. The molecule has 0 aliphatic heterocycles. The molecule has 0 atom stereocenters. The maximum atomic E-state index is 6.35. The molecule has 0 amide bonds. The summed E-state index contributed by atoms with van der Waals surface area (Å²) in [6, 6.07) is 96.1. The van der Waals surface area contributed by atoms with Gasteiger partial charge in [0, 0.05) is 44.2 Å². The van der Waals surface area contributed by atoms with E-state index in [1.165, 1.54) is 44.1 Å². The first-order valence-electron chi connectivity index (χ1n) is 23.6. The average molecular weight is 881 g/mol. The van der Waals surface area contributed by atoms with E-state index in [1.54, 1.807) is 0 Å². The van der Waals surface area contributed by atoms with Gasteiger partial charge in [0.1, 0.15) is 11.2 Å². The van der Waals surface area contributed by atoms with Gasteiger partial charge in [-0.3, -0.25) is 0 Å². The Morgan fingerprint density at radius 2 is 0.754 bits per heavy atom. The number of fused-ring (bicyclic) bond motifs is 6. The molecular formula is C66H44N2O. The van der Waals surface area contributed by atoms with Crippen molar-refractivity contribution >= 4 is 60.8 Å². The average Bonchev–Trinajstić information content (AvgIpc) is 3.97. The van der Waals surface area contributed by atoms with Crippen LogP contribution < -0.4 is 4.90 Å². The second kappa shape index (κ2) is 16.9. The van der Waals surface area contributed by atoms with Crippen molar-refractivity contribution in [3.63, 3.8) is 0 Å². The number of hydrogen-bond donors (Lipinski definition) is 0. The summed E-state index contributed by atoms with van der Waals surface area (Å²) in [4.78, 5) is 2.40. The summed E-state index contributed by atoms with van der Waals surface area (Å²) in [5.41, 5.74) is 20.1. The van der Waals surface area contributed by atoms with E-state index >= 15 is 0 Å². The Labute approximate surface area is 401 Å². The monoisotopic (exact) mass is 880 g/mol. The molecule has 0 fully saturated rings. The third-order valence-electron chi connectivity index (χ3n) is 13.6. The highest BCUT2D eigenvalue weighted by Gasteiger charge is 2.19. The van der Waals surface area contributed by atoms with E-state index < -0.39 is 0 Å². The number of rotatable bonds is 9. The van der Waals surface area contributed by atoms with Crippen molar-refractivity contribution in [3.8, 4) is 61.3 Å². The molecule has 324 valence electrons. The lowest BCUT2D eigenvalue weighted by molar-refractivity contribution is 0.669. The van der Waals surface area contributed by atoms with Gasteiger partial charge < -0.3 is 13.9 Å². The molecule has 0 radical (unpaired) electrons. The smallest absolute Gasteiger partial charge is 0.136 e. The van der Waals surface area contributed by atoms with E-state index in [-0.39, 0.29) is 0 Å². The molecule has 0 aliphatic rings. The van der Waals surface area contributed by atoms with Crippen molar-refractivity contribution in [2.45, 2.75) is 0 Å². The van der Waals surface area contributed by atoms with Crippen molar-refractivity contribution < 1.29 is 4.42 Å². The lowest BCUT2D eigenvalue weighted by Crippen LogP contribution is -2.11. The van der Waals surface area contributed by atoms with Crippen molar-refractivity contribution in [2.75, 3.05) is 4.90 Å². The fraction of sp³-hybridized carbons (Fsp3) is 0. The van der Waals surface area contributed by atoms with Gasteiger partial charge >= 0.3 is 0 Å². The lowest BCUT2D eigenvalue weighted by Gasteiger charge is -2.28. The van der Waals surface area contributed by atoms with Gasteiger partial charge in [0.25, 0.3) is 0 Å². The van der Waals surface area contributed by atoms with Gasteiger partial charge in [-0.1, -0.05) is 182 Å². The molecule has 0 spiro atoms. The van der Waals surface area contributed by atoms with Crippen molar-refractivity contribution in [1.29, 1.82) is 0 Å². The zero-order valence-electron chi connectivity index (χ0n) is 37.7. The van der Waals surface area contributed by atoms with Crippen molar-refractivity contribution in [1.82, 2.24) is 4.57 Å². The first-order chi connectivity index (χ1) is 34.2. The van der Waals surface area contributed by atoms with E-state index in [9.17, 15) is 0 Å². The van der Waals surface area contributed by atoms with Crippen LogP contribution in [0.4, 0.5) is 17.1 Å². The lowest BCUT2D eigenvalue weighted by atomic mass is 9.96. The van der Waals surface area contributed by atoms with Crippen LogP contribution in [0.15, 0.2) is 271 Å². The van der Waals surface area contributed by atoms with Crippen molar-refractivity contribution in [3.05, 3.63) is 267 Å². The van der Waals surface area contributed by atoms with E-state index in [2.05, 4.69) is 264 Å². The van der Waals surface area contributed by atoms with Crippen molar-refractivity contribution in [2.24, 2.45) is 0 Å². The second-order valence-electron chi connectivity index (χ2n) is 17.7. The van der Waals surface area contributed by atoms with Gasteiger partial charge in [0.2, 0.25) is 0 Å². The molecule has 11 aromatic carbocycles. The summed E-state index contributed by atoms with van der Waals surface area (Å²) < 4.78 is 8.72. The summed E-state index contributed by atoms with van der Waals surface area (Å²) in [6.07, 6.45) is 0. The van der Waals surface area contributed by atoms with Crippen LogP contribution in [0.2, 0.25) is 0 Å². The van der Waals surface area contributed by atoms with Crippen LogP contribution in [0.1, 0.15) is 0 Å². The number of para-hydroxylation sites is 4. The van der Waals surface area contributed by atoms with E-state index in [1.807, 2.05) is 12.1 Å². The first-order valence-corrected chi connectivity index (χ1v) is 23.6. The van der Waals surface area contributed by atoms with Gasteiger partial charge in [-0.2, -0.15) is 0 Å². The zero-order valence-corrected chi connectivity index (χ0v) is 37.7. The topological polar surface area (TPSA) is 21.3 Å². The molecule has 0 unspecified atom stereocenters. The van der Waals surface area contributed by atoms with Crippen LogP contribution >= 0.6 is 0 Å². The summed E-state index contributed by atoms with van der Waals surface area (Å²) >= 11 is 0. The van der Waals surface area contributed by atoms with Crippen LogP contribution in [0.25, 0.3) is 105 Å². The van der Waals surface area contributed by atoms with Crippen LogP contribution in [0, 0.1) is 0 Å². The van der Waals surface area contributed by atoms with E-state index in [4.69, 9.17) is 4.42 Å². The molecule has 0 saturated carbocycles. The molecule has 13 aromatic rings. The number of nitrogens with zero attached hydrogens (tertiary/aromatic N) is 2. The normalized spacial score (nSPS) is 11.5. The molecule has 2 aromatic heterocycles. The standard InChI is InChI=1S/C66H44N2O/c1-2-15-45(16-3-1)50-19-13-21-53(42-50)57-23-4-8-27-62(57)67(56-22-14-20-51(43-56)52-35-40-61-60-26-7-11-30-65(60)69-66(61)44-52)54-36-31-46(32-37-54)48-17-12-18-49(41-48)47-33-38-55(39-34-47)68-63-28-9-5-24-58(63)59-25-6-10-29-64(59)68/h1-44H. The minimum Gasteiger partial charge on any atom is -0.456 e. The highest BCUT2D eigenvalue weighted by atomic mass is 16.3. The third kappa shape index (κ3) is 7.25. The molecule has 2 heterocycles. The molecule has 3 heteroatoms. The summed E-state index contributed by atoms with van der Waals surface area (Å²) in [7, 11) is 0. The summed E-state index contributed by atoms with van der Waals surface area (Å²) in [5, 5.41) is 4.79. The van der Waals surface area contributed by atoms with Crippen LogP contribution in [-0.4, -0.2) is 4.57 Å². The van der Waals surface area contributed by atoms with E-state index in [0.29, 0.717) is 0 Å². The molecule has 69 heavy (non-hydrogen) atoms. The largest absolute Gasteiger partial charge is 0.456 e. The third-order valence-corrected chi connectivity index (χ3v) is 13.6. The first kappa shape index (κ1) is 40.1. The predicted molar refractivity (Wildman–Crippen MR) is 290 cm³/mol. The summed E-state index contributed by atoms with van der Waals surface area (Å²) in [5.74, 6) is 0. The number of benzene rings is 11. The number of anilines is 3. The Morgan fingerprint density at radius 1 is 0.275 bits per heavy atom. The Balaban J connectivity index is 0.874. The van der Waals surface area contributed by atoms with Gasteiger partial charge in [0.15, 0.2) is 0 Å². The Kier molecular flexibility index (Phi) is 9.84. The van der Waals surface area contributed by atoms with Gasteiger partial charge in [-0.25, -0.2) is 0 Å². The molecule has 0 saturated heterocycles. The minimum absolute atomic E-state index is 0.885. The molecule has 0 aliphatic carbocycles. The Bertz CT molecular complexity index is 3960. The minimum atomic E-state index is 0.885. The highest BCUT2D eigenvalue weighted by molar-refractivity contribution is 6.09. The maximum absolute atomic E-state index is 6.35. The van der Waals surface area contributed by atoms with Crippen LogP contribution in [0.3, 0.4) is 0 Å². The van der Waals surface area contributed by atoms with E-state index in [0.717, 1.165) is 78.1 Å². The number of furan rings is 1. The number of aromatic nitrogens is 1. The predicted octanol–water partition coefficient (Wildman–Crippen LogP) is 18.5. The molecule has 0 N–H and O–H groups in total. The highest BCUT2D eigenvalue weighted by Crippen LogP contribution is 2.44. The molecule has 0 bridgehead atoms. The fourth-order valence-electron chi connectivity index (χ4n) is 10.3. The van der Waals surface area contributed by atoms with Gasteiger partial charge in [-0.15, -0.1) is 0 Å². The molecule has 3 nitrogen and oxygen atoms in total. The Hall–Kier alpha value is -9.18. The zero-order chi connectivity index (χ0) is 45.7. The molecule has 13 rings (SSSR count). The SMILES string of the molecule is c1ccc(-c2cccc(-c3ccccc3N(c3ccc(-c4cccc(-c5ccc(-n6c7ccccc7c7ccccc76)cc5)c4)cc3)c3cccc(-c4ccc5c(c4)oc4ccccc45)c3)c2)cc1. The van der Waals surface area contributed by atoms with Crippen LogP contribution in [0.5, 0.6) is 0 Å². The summed E-state index contributed by atoms with van der Waals surface area (Å²) in [6.45, 7) is 0.